The van der Waals surface area contributed by atoms with Crippen molar-refractivity contribution in [3.63, 3.8) is 0 Å². The summed E-state index contributed by atoms with van der Waals surface area (Å²) >= 11 is 5.72. The molecule has 17 heavy (non-hydrogen) atoms. The molecule has 1 atom stereocenters. The third-order valence-corrected chi connectivity index (χ3v) is 2.64. The highest BCUT2D eigenvalue weighted by Gasteiger charge is 2.13. The first-order chi connectivity index (χ1) is 7.99. The number of hydrogen-bond donors (Lipinski definition) is 1. The molecule has 0 aliphatic heterocycles. The fourth-order valence-electron chi connectivity index (χ4n) is 1.34. The lowest BCUT2D eigenvalue weighted by atomic mass is 10.3. The number of hydrogen-bond acceptors (Lipinski definition) is 3. The van der Waals surface area contributed by atoms with Crippen LogP contribution in [0.4, 0.5) is 0 Å². The molecule has 1 heterocycles. The Bertz CT molecular complexity index is 470. The van der Waals surface area contributed by atoms with Gasteiger partial charge < -0.3 is 15.0 Å². The predicted octanol–water partition coefficient (Wildman–Crippen LogP) is 0.860. The smallest absolute Gasteiger partial charge is 0.258 e. The number of primary amides is 1. The average Bonchev–Trinajstić information content (AvgIpc) is 2.30. The van der Waals surface area contributed by atoms with Gasteiger partial charge in [0, 0.05) is 18.3 Å². The van der Waals surface area contributed by atoms with Crippen LogP contribution in [0, 0.1) is 0 Å². The number of alkyl halides is 1. The van der Waals surface area contributed by atoms with Gasteiger partial charge in [-0.15, -0.1) is 11.6 Å². The summed E-state index contributed by atoms with van der Waals surface area (Å²) in [6.45, 7) is 4.07. The number of aryl methyl sites for hydroxylation is 1. The maximum absolute atomic E-state index is 11.7. The number of amides is 1. The number of ether oxygens (including phenoxy) is 1. The predicted molar refractivity (Wildman–Crippen MR) is 65.2 cm³/mol. The van der Waals surface area contributed by atoms with Gasteiger partial charge >= 0.3 is 0 Å². The Hall–Kier alpha value is -1.49. The van der Waals surface area contributed by atoms with E-state index in [1.165, 1.54) is 13.0 Å². The lowest BCUT2D eigenvalue weighted by Gasteiger charge is -2.14. The van der Waals surface area contributed by atoms with E-state index < -0.39 is 12.0 Å². The Labute approximate surface area is 104 Å². The summed E-state index contributed by atoms with van der Waals surface area (Å²) in [5.41, 5.74) is 5.47. The summed E-state index contributed by atoms with van der Waals surface area (Å²) in [7, 11) is 0. The number of nitrogens with zero attached hydrogens (tertiary/aromatic N) is 1. The highest BCUT2D eigenvalue weighted by Crippen LogP contribution is 2.10. The SMILES string of the molecule is CCn1cc(OC(C)C(N)=O)c(=O)cc1CCl. The van der Waals surface area contributed by atoms with E-state index in [0.717, 1.165) is 0 Å². The number of rotatable bonds is 5. The van der Waals surface area contributed by atoms with E-state index in [9.17, 15) is 9.59 Å². The van der Waals surface area contributed by atoms with Crippen molar-refractivity contribution >= 4 is 17.5 Å². The normalized spacial score (nSPS) is 12.2. The van der Waals surface area contributed by atoms with E-state index in [1.54, 1.807) is 10.8 Å². The zero-order chi connectivity index (χ0) is 13.0. The summed E-state index contributed by atoms with van der Waals surface area (Å²) in [5.74, 6) is -0.268. The van der Waals surface area contributed by atoms with Crippen LogP contribution in [0.25, 0.3) is 0 Å². The lowest BCUT2D eigenvalue weighted by molar-refractivity contribution is -0.124. The Balaban J connectivity index is 3.09. The van der Waals surface area contributed by atoms with E-state index in [2.05, 4.69) is 0 Å². The minimum absolute atomic E-state index is 0.104. The molecule has 94 valence electrons. The van der Waals surface area contributed by atoms with Gasteiger partial charge in [0.2, 0.25) is 5.43 Å². The average molecular weight is 259 g/mol. The molecular weight excluding hydrogens is 244 g/mol. The van der Waals surface area contributed by atoms with Gasteiger partial charge in [-0.25, -0.2) is 0 Å². The number of carbonyl (C=O) groups excluding carboxylic acids is 1. The molecule has 0 fully saturated rings. The van der Waals surface area contributed by atoms with E-state index in [-0.39, 0.29) is 17.1 Å². The molecule has 0 saturated carbocycles. The molecule has 1 amide bonds. The van der Waals surface area contributed by atoms with Gasteiger partial charge in [-0.05, 0) is 13.8 Å². The van der Waals surface area contributed by atoms with Crippen molar-refractivity contribution in [2.75, 3.05) is 0 Å². The molecule has 0 aliphatic carbocycles. The third-order valence-electron chi connectivity index (χ3n) is 2.36. The summed E-state index contributed by atoms with van der Waals surface area (Å²) in [6, 6.07) is 1.40. The fourth-order valence-corrected chi connectivity index (χ4v) is 1.57. The Morgan fingerprint density at radius 3 is 2.76 bits per heavy atom. The number of pyridine rings is 1. The molecule has 1 unspecified atom stereocenters. The maximum atomic E-state index is 11.7. The molecule has 2 N–H and O–H groups in total. The second-order valence-electron chi connectivity index (χ2n) is 3.58. The highest BCUT2D eigenvalue weighted by atomic mass is 35.5. The van der Waals surface area contributed by atoms with Crippen LogP contribution in [0.1, 0.15) is 19.5 Å². The number of carbonyl (C=O) groups is 1. The number of nitrogens with two attached hydrogens (primary N) is 1. The molecule has 0 aliphatic rings. The number of aromatic nitrogens is 1. The minimum Gasteiger partial charge on any atom is -0.475 e. The number of halogens is 1. The second kappa shape index (κ2) is 5.72. The zero-order valence-corrected chi connectivity index (χ0v) is 10.5. The molecule has 5 nitrogen and oxygen atoms in total. The van der Waals surface area contributed by atoms with Gasteiger partial charge in [0.25, 0.3) is 5.91 Å². The standard InChI is InChI=1S/C11H15ClN2O3/c1-3-14-6-10(17-7(2)11(13)16)9(15)4-8(14)5-12/h4,6-7H,3,5H2,1-2H3,(H2,13,16). The van der Waals surface area contributed by atoms with Gasteiger partial charge in [0.1, 0.15) is 0 Å². The van der Waals surface area contributed by atoms with Crippen molar-refractivity contribution < 1.29 is 9.53 Å². The van der Waals surface area contributed by atoms with Crippen molar-refractivity contribution in [3.05, 3.63) is 28.2 Å². The van der Waals surface area contributed by atoms with E-state index in [1.807, 2.05) is 6.92 Å². The van der Waals surface area contributed by atoms with Crippen LogP contribution >= 0.6 is 11.6 Å². The second-order valence-corrected chi connectivity index (χ2v) is 3.84. The molecule has 0 bridgehead atoms. The van der Waals surface area contributed by atoms with Crippen LogP contribution in [0.3, 0.4) is 0 Å². The van der Waals surface area contributed by atoms with Crippen LogP contribution in [0.5, 0.6) is 5.75 Å². The lowest BCUT2D eigenvalue weighted by Crippen LogP contribution is -2.32. The molecule has 6 heteroatoms. The van der Waals surface area contributed by atoms with Gasteiger partial charge in [-0.2, -0.15) is 0 Å². The summed E-state index contributed by atoms with van der Waals surface area (Å²) in [5, 5.41) is 0. The van der Waals surface area contributed by atoms with Gasteiger partial charge in [-0.1, -0.05) is 0 Å². The van der Waals surface area contributed by atoms with Crippen LogP contribution in [-0.2, 0) is 17.2 Å². The minimum atomic E-state index is -0.838. The molecule has 0 radical (unpaired) electrons. The first kappa shape index (κ1) is 13.6. The zero-order valence-electron chi connectivity index (χ0n) is 9.77. The Morgan fingerprint density at radius 1 is 1.65 bits per heavy atom. The summed E-state index contributed by atoms with van der Waals surface area (Å²) < 4.78 is 6.99. The van der Waals surface area contributed by atoms with E-state index in [4.69, 9.17) is 22.1 Å². The van der Waals surface area contributed by atoms with Crippen LogP contribution < -0.4 is 15.9 Å². The monoisotopic (exact) mass is 258 g/mol. The molecule has 0 aromatic carbocycles. The Kier molecular flexibility index (Phi) is 4.57. The summed E-state index contributed by atoms with van der Waals surface area (Å²) in [4.78, 5) is 22.5. The van der Waals surface area contributed by atoms with Crippen molar-refractivity contribution in [2.24, 2.45) is 5.73 Å². The summed E-state index contributed by atoms with van der Waals surface area (Å²) in [6.07, 6.45) is 0.703. The van der Waals surface area contributed by atoms with E-state index >= 15 is 0 Å². The van der Waals surface area contributed by atoms with Gasteiger partial charge in [0.15, 0.2) is 11.9 Å². The topological polar surface area (TPSA) is 74.3 Å². The molecule has 1 rings (SSSR count). The largest absolute Gasteiger partial charge is 0.475 e. The first-order valence-corrected chi connectivity index (χ1v) is 5.78. The van der Waals surface area contributed by atoms with Crippen molar-refractivity contribution in [1.82, 2.24) is 4.57 Å². The van der Waals surface area contributed by atoms with Crippen molar-refractivity contribution in [1.29, 1.82) is 0 Å². The van der Waals surface area contributed by atoms with Gasteiger partial charge in [-0.3, -0.25) is 9.59 Å². The van der Waals surface area contributed by atoms with Crippen molar-refractivity contribution in [3.8, 4) is 5.75 Å². The fraction of sp³-hybridized carbons (Fsp3) is 0.455. The maximum Gasteiger partial charge on any atom is 0.258 e. The van der Waals surface area contributed by atoms with Crippen LogP contribution in [0.15, 0.2) is 17.1 Å². The highest BCUT2D eigenvalue weighted by molar-refractivity contribution is 6.16. The molecular formula is C11H15ClN2O3. The third kappa shape index (κ3) is 3.23. The molecule has 1 aromatic heterocycles. The van der Waals surface area contributed by atoms with E-state index in [0.29, 0.717) is 12.2 Å². The molecule has 0 spiro atoms. The van der Waals surface area contributed by atoms with Crippen LogP contribution in [0.2, 0.25) is 0 Å². The molecule has 0 saturated heterocycles. The first-order valence-electron chi connectivity index (χ1n) is 5.24. The van der Waals surface area contributed by atoms with Crippen molar-refractivity contribution in [2.45, 2.75) is 32.4 Å². The van der Waals surface area contributed by atoms with Crippen LogP contribution in [-0.4, -0.2) is 16.6 Å². The quantitative estimate of drug-likeness (QED) is 0.796. The molecule has 1 aromatic rings. The van der Waals surface area contributed by atoms with Gasteiger partial charge in [0.05, 0.1) is 12.1 Å². The Morgan fingerprint density at radius 2 is 2.29 bits per heavy atom.